The monoisotopic (exact) mass is 215 g/mol. The van der Waals surface area contributed by atoms with Gasteiger partial charge in [-0.05, 0) is 13.3 Å². The van der Waals surface area contributed by atoms with Crippen molar-refractivity contribution in [3.05, 3.63) is 18.7 Å². The van der Waals surface area contributed by atoms with Crippen LogP contribution < -0.4 is 4.57 Å². The van der Waals surface area contributed by atoms with Crippen LogP contribution in [0.1, 0.15) is 33.7 Å². The van der Waals surface area contributed by atoms with E-state index in [-0.39, 0.29) is 14.0 Å². The fourth-order valence-electron chi connectivity index (χ4n) is 1.29. The largest absolute Gasteiger partial charge is 0.394 e. The molecule has 0 saturated carbocycles. The van der Waals surface area contributed by atoms with Crippen molar-refractivity contribution < 1.29 is 14.8 Å². The molecule has 88 valence electrons. The second kappa shape index (κ2) is 6.58. The number of aliphatic hydroxyl groups is 2. The molecule has 0 saturated heterocycles. The van der Waals surface area contributed by atoms with E-state index in [1.165, 1.54) is 0 Å². The first-order valence-electron chi connectivity index (χ1n) is 5.02. The van der Waals surface area contributed by atoms with Crippen LogP contribution in [0.5, 0.6) is 0 Å². The summed E-state index contributed by atoms with van der Waals surface area (Å²) in [7, 11) is 0. The van der Waals surface area contributed by atoms with E-state index in [0.29, 0.717) is 12.6 Å². The van der Waals surface area contributed by atoms with Crippen molar-refractivity contribution in [2.45, 2.75) is 46.4 Å². The van der Waals surface area contributed by atoms with Gasteiger partial charge in [0.05, 0.1) is 12.6 Å². The smallest absolute Gasteiger partial charge is 0.244 e. The number of nitrogens with zero attached hydrogens (tertiary/aromatic N) is 2. The third kappa shape index (κ3) is 4.01. The Balaban J connectivity index is 0.00000196. The molecule has 0 spiro atoms. The molecule has 1 heterocycles. The topological polar surface area (TPSA) is 49.3 Å². The van der Waals surface area contributed by atoms with Gasteiger partial charge in [-0.25, -0.2) is 9.13 Å². The molecule has 1 rings (SSSR count). The molecule has 0 radical (unpaired) electrons. The molecule has 0 amide bonds. The molecule has 0 aliphatic carbocycles. The Labute approximate surface area is 91.8 Å². The van der Waals surface area contributed by atoms with E-state index in [1.54, 1.807) is 0 Å². The molecule has 0 fully saturated rings. The highest BCUT2D eigenvalue weighted by atomic mass is 16.3. The summed E-state index contributed by atoms with van der Waals surface area (Å²) >= 11 is 0. The zero-order chi connectivity index (χ0) is 10.6. The molecule has 4 heteroatoms. The third-order valence-corrected chi connectivity index (χ3v) is 2.44. The number of hydrogen-bond donors (Lipinski definition) is 2. The summed E-state index contributed by atoms with van der Waals surface area (Å²) in [5.41, 5.74) is 0. The minimum absolute atomic E-state index is 0. The van der Waals surface area contributed by atoms with Gasteiger partial charge >= 0.3 is 0 Å². The lowest BCUT2D eigenvalue weighted by Crippen LogP contribution is -2.39. The molecular formula is C11H23N2O2+. The minimum Gasteiger partial charge on any atom is -0.394 e. The Morgan fingerprint density at radius 2 is 2.13 bits per heavy atom. The molecule has 0 aliphatic rings. The molecular weight excluding hydrogens is 192 g/mol. The Hall–Kier alpha value is -0.870. The Morgan fingerprint density at radius 1 is 1.47 bits per heavy atom. The summed E-state index contributed by atoms with van der Waals surface area (Å²) in [5.74, 6) is 0. The van der Waals surface area contributed by atoms with E-state index < -0.39 is 6.10 Å². The molecule has 1 aromatic rings. The lowest BCUT2D eigenvalue weighted by Gasteiger charge is -2.04. The summed E-state index contributed by atoms with van der Waals surface area (Å²) in [5, 5.41) is 17.9. The minimum atomic E-state index is -0.673. The first kappa shape index (κ1) is 14.1. The van der Waals surface area contributed by atoms with Gasteiger partial charge in [-0.2, -0.15) is 0 Å². The number of aliphatic hydroxyl groups excluding tert-OH is 2. The van der Waals surface area contributed by atoms with Crippen LogP contribution in [-0.4, -0.2) is 27.5 Å². The van der Waals surface area contributed by atoms with E-state index in [1.807, 2.05) is 23.3 Å². The number of aromatic nitrogens is 2. The molecule has 0 aliphatic heterocycles. The second-order valence-electron chi connectivity index (χ2n) is 3.65. The average molecular weight is 215 g/mol. The third-order valence-electron chi connectivity index (χ3n) is 2.44. The van der Waals surface area contributed by atoms with Crippen molar-refractivity contribution >= 4 is 0 Å². The van der Waals surface area contributed by atoms with Gasteiger partial charge in [0.2, 0.25) is 6.33 Å². The molecule has 0 aromatic carbocycles. The van der Waals surface area contributed by atoms with E-state index in [0.717, 1.165) is 6.42 Å². The van der Waals surface area contributed by atoms with Crippen molar-refractivity contribution in [3.8, 4) is 0 Å². The van der Waals surface area contributed by atoms with Gasteiger partial charge in [-0.3, -0.25) is 0 Å². The lowest BCUT2D eigenvalue weighted by molar-refractivity contribution is -0.703. The van der Waals surface area contributed by atoms with Crippen molar-refractivity contribution in [3.63, 3.8) is 0 Å². The van der Waals surface area contributed by atoms with E-state index in [9.17, 15) is 5.11 Å². The van der Waals surface area contributed by atoms with E-state index in [2.05, 4.69) is 18.4 Å². The number of rotatable bonds is 5. The van der Waals surface area contributed by atoms with Crippen LogP contribution in [0.3, 0.4) is 0 Å². The molecule has 0 bridgehead atoms. The molecule has 2 N–H and O–H groups in total. The summed E-state index contributed by atoms with van der Waals surface area (Å²) in [6, 6.07) is 0.475. The first-order valence-corrected chi connectivity index (χ1v) is 5.02. The maximum absolute atomic E-state index is 9.24. The van der Waals surface area contributed by atoms with Gasteiger partial charge in [-0.15, -0.1) is 0 Å². The highest BCUT2D eigenvalue weighted by molar-refractivity contribution is 4.71. The fraction of sp³-hybridized carbons (Fsp3) is 0.727. The quantitative estimate of drug-likeness (QED) is 0.712. The summed E-state index contributed by atoms with van der Waals surface area (Å²) in [6.45, 7) is 4.53. The number of imidazole rings is 1. The normalized spacial score (nSPS) is 14.4. The standard InChI is InChI=1S/C10H19N2O2.CH4/c1-3-9(2)12-5-4-11(8-12)6-10(14)7-13;/h4-5,8-10,13-14H,3,6-7H2,1-2H3;1H4/q+1;. The van der Waals surface area contributed by atoms with Crippen molar-refractivity contribution in [1.29, 1.82) is 0 Å². The highest BCUT2D eigenvalue weighted by Gasteiger charge is 2.12. The van der Waals surface area contributed by atoms with Crippen molar-refractivity contribution in [2.75, 3.05) is 6.61 Å². The van der Waals surface area contributed by atoms with Gasteiger partial charge in [0.15, 0.2) is 0 Å². The molecule has 2 unspecified atom stereocenters. The molecule has 4 nitrogen and oxygen atoms in total. The average Bonchev–Trinajstić information content (AvgIpc) is 2.65. The van der Waals surface area contributed by atoms with Gasteiger partial charge in [0.1, 0.15) is 25.0 Å². The van der Waals surface area contributed by atoms with Crippen LogP contribution in [0.4, 0.5) is 0 Å². The summed E-state index contributed by atoms with van der Waals surface area (Å²) in [4.78, 5) is 0. The van der Waals surface area contributed by atoms with E-state index >= 15 is 0 Å². The van der Waals surface area contributed by atoms with Crippen molar-refractivity contribution in [2.24, 2.45) is 0 Å². The Morgan fingerprint density at radius 3 is 2.67 bits per heavy atom. The summed E-state index contributed by atoms with van der Waals surface area (Å²) in [6.07, 6.45) is 6.25. The highest BCUT2D eigenvalue weighted by Crippen LogP contribution is 2.07. The van der Waals surface area contributed by atoms with E-state index in [4.69, 9.17) is 5.11 Å². The Kier molecular flexibility index (Phi) is 6.20. The first-order chi connectivity index (χ1) is 6.67. The maximum atomic E-state index is 9.24. The van der Waals surface area contributed by atoms with Crippen LogP contribution in [0, 0.1) is 0 Å². The zero-order valence-corrected chi connectivity index (χ0v) is 8.80. The fourth-order valence-corrected chi connectivity index (χ4v) is 1.29. The van der Waals surface area contributed by atoms with Crippen LogP contribution in [-0.2, 0) is 6.54 Å². The number of hydrogen-bond acceptors (Lipinski definition) is 2. The van der Waals surface area contributed by atoms with Crippen LogP contribution in [0.15, 0.2) is 18.7 Å². The van der Waals surface area contributed by atoms with Crippen molar-refractivity contribution in [1.82, 2.24) is 4.57 Å². The predicted molar refractivity (Wildman–Crippen MR) is 59.5 cm³/mol. The zero-order valence-electron chi connectivity index (χ0n) is 8.80. The molecule has 2 atom stereocenters. The van der Waals surface area contributed by atoms with Gasteiger partial charge < -0.3 is 10.2 Å². The van der Waals surface area contributed by atoms with Crippen LogP contribution in [0.2, 0.25) is 0 Å². The summed E-state index contributed by atoms with van der Waals surface area (Å²) < 4.78 is 3.98. The van der Waals surface area contributed by atoms with Crippen LogP contribution in [0.25, 0.3) is 0 Å². The Bertz CT molecular complexity index is 273. The molecule has 1 aromatic heterocycles. The van der Waals surface area contributed by atoms with Crippen LogP contribution >= 0.6 is 0 Å². The maximum Gasteiger partial charge on any atom is 0.244 e. The lowest BCUT2D eigenvalue weighted by atomic mass is 10.3. The second-order valence-corrected chi connectivity index (χ2v) is 3.65. The SMILES string of the molecule is C.CCC(C)n1cc[n+](CC(O)CO)c1. The van der Waals surface area contributed by atoms with Gasteiger partial charge in [0.25, 0.3) is 0 Å². The van der Waals surface area contributed by atoms with Gasteiger partial charge in [-0.1, -0.05) is 14.4 Å². The predicted octanol–water partition coefficient (Wildman–Crippen LogP) is 0.736. The van der Waals surface area contributed by atoms with Gasteiger partial charge in [0, 0.05) is 0 Å². The molecule has 15 heavy (non-hydrogen) atoms.